The SMILES string of the molecule is C#CC(C)(OC(=O)c1cccc(-[s+]2c(C)cc3ccccc32)c1)C1CCCCC1=C. The highest BCUT2D eigenvalue weighted by Crippen LogP contribution is 2.44. The molecule has 0 spiro atoms. The second-order valence-electron chi connectivity index (χ2n) is 8.22. The molecule has 152 valence electrons. The van der Waals surface area contributed by atoms with Crippen molar-refractivity contribution in [2.75, 3.05) is 0 Å². The molecule has 3 aromatic rings. The lowest BCUT2D eigenvalue weighted by Crippen LogP contribution is -2.40. The standard InChI is InChI=1S/C27H27O2S/c1-5-27(4,24-15-8-6-11-19(24)2)29-26(28)22-13-10-14-23(18-22)30-20(3)17-21-12-7-9-16-25(21)30/h1,7,9-10,12-14,16-18,24H,2,6,8,11,15H2,3-4H3/q+1. The molecule has 1 saturated carbocycles. The monoisotopic (exact) mass is 415 g/mol. The number of carbonyl (C=O) groups is 1. The van der Waals surface area contributed by atoms with Gasteiger partial charge in [-0.1, -0.05) is 42.7 Å². The van der Waals surface area contributed by atoms with E-state index in [1.807, 2.05) is 25.1 Å². The molecule has 1 aliphatic carbocycles. The molecule has 0 radical (unpaired) electrons. The van der Waals surface area contributed by atoms with Crippen LogP contribution in [-0.4, -0.2) is 11.6 Å². The van der Waals surface area contributed by atoms with E-state index in [-0.39, 0.29) is 22.4 Å². The van der Waals surface area contributed by atoms with Gasteiger partial charge in [0, 0.05) is 40.8 Å². The zero-order chi connectivity index (χ0) is 21.3. The summed E-state index contributed by atoms with van der Waals surface area (Å²) in [5.74, 6) is 2.40. The van der Waals surface area contributed by atoms with E-state index in [2.05, 4.69) is 55.8 Å². The molecule has 4 rings (SSSR count). The number of hydrogen-bond donors (Lipinski definition) is 0. The van der Waals surface area contributed by atoms with Crippen LogP contribution in [0.4, 0.5) is 0 Å². The Hall–Kier alpha value is -2.83. The molecule has 2 nitrogen and oxygen atoms in total. The van der Waals surface area contributed by atoms with E-state index >= 15 is 0 Å². The maximum atomic E-state index is 13.1. The maximum absolute atomic E-state index is 13.1. The summed E-state index contributed by atoms with van der Waals surface area (Å²) in [5, 5.41) is 1.25. The van der Waals surface area contributed by atoms with Crippen molar-refractivity contribution in [3.05, 3.63) is 77.2 Å². The molecule has 30 heavy (non-hydrogen) atoms. The van der Waals surface area contributed by atoms with Gasteiger partial charge in [0.25, 0.3) is 0 Å². The van der Waals surface area contributed by atoms with Crippen LogP contribution in [0.2, 0.25) is 0 Å². The second-order valence-corrected chi connectivity index (χ2v) is 10.4. The number of fused-ring (bicyclic) bond motifs is 1. The zero-order valence-electron chi connectivity index (χ0n) is 17.6. The Balaban J connectivity index is 1.65. The van der Waals surface area contributed by atoms with Gasteiger partial charge < -0.3 is 4.74 Å². The van der Waals surface area contributed by atoms with E-state index in [1.54, 1.807) is 0 Å². The van der Waals surface area contributed by atoms with Crippen LogP contribution in [0, 0.1) is 25.2 Å². The first-order valence-electron chi connectivity index (χ1n) is 10.4. The third-order valence-electron chi connectivity index (χ3n) is 6.11. The van der Waals surface area contributed by atoms with Crippen LogP contribution in [-0.2, 0) is 4.74 Å². The Morgan fingerprint density at radius 2 is 2.00 bits per heavy atom. The summed E-state index contributed by atoms with van der Waals surface area (Å²) in [6.45, 7) is 8.19. The van der Waals surface area contributed by atoms with Crippen LogP contribution in [0.25, 0.3) is 15.0 Å². The number of aryl methyl sites for hydroxylation is 1. The minimum Gasteiger partial charge on any atom is -0.442 e. The van der Waals surface area contributed by atoms with Crippen molar-refractivity contribution in [2.45, 2.75) is 45.1 Å². The summed E-state index contributed by atoms with van der Waals surface area (Å²) in [6, 6.07) is 18.4. The predicted octanol–water partition coefficient (Wildman–Crippen LogP) is 7.18. The van der Waals surface area contributed by atoms with Crippen molar-refractivity contribution in [1.82, 2.24) is 0 Å². The van der Waals surface area contributed by atoms with Gasteiger partial charge in [-0.25, -0.2) is 4.79 Å². The van der Waals surface area contributed by atoms with E-state index in [9.17, 15) is 4.79 Å². The summed E-state index contributed by atoms with van der Waals surface area (Å²) >= 11 is 0. The van der Waals surface area contributed by atoms with Crippen molar-refractivity contribution in [3.8, 4) is 17.2 Å². The molecule has 1 aromatic heterocycles. The molecule has 0 aliphatic heterocycles. The van der Waals surface area contributed by atoms with Crippen molar-refractivity contribution in [3.63, 3.8) is 0 Å². The topological polar surface area (TPSA) is 26.3 Å². The highest BCUT2D eigenvalue weighted by Gasteiger charge is 2.39. The molecule has 0 N–H and O–H groups in total. The first kappa shape index (κ1) is 20.4. The summed E-state index contributed by atoms with van der Waals surface area (Å²) in [7, 11) is -0.173. The predicted molar refractivity (Wildman–Crippen MR) is 126 cm³/mol. The second kappa shape index (κ2) is 8.13. The molecule has 0 bridgehead atoms. The van der Waals surface area contributed by atoms with Gasteiger partial charge in [-0.3, -0.25) is 0 Å². The molecule has 1 fully saturated rings. The lowest BCUT2D eigenvalue weighted by Gasteiger charge is -2.36. The number of thiophene rings is 1. The van der Waals surface area contributed by atoms with Crippen molar-refractivity contribution in [1.29, 1.82) is 0 Å². The Kier molecular flexibility index (Phi) is 5.54. The van der Waals surface area contributed by atoms with Crippen molar-refractivity contribution in [2.24, 2.45) is 5.92 Å². The quantitative estimate of drug-likeness (QED) is 0.195. The van der Waals surface area contributed by atoms with Crippen molar-refractivity contribution >= 4 is 26.5 Å². The smallest absolute Gasteiger partial charge is 0.339 e. The molecule has 2 aromatic carbocycles. The van der Waals surface area contributed by atoms with Gasteiger partial charge in [0.1, 0.15) is 0 Å². The van der Waals surface area contributed by atoms with E-state index in [0.29, 0.717) is 5.56 Å². The van der Waals surface area contributed by atoms with Gasteiger partial charge >= 0.3 is 5.97 Å². The Morgan fingerprint density at radius 3 is 2.77 bits per heavy atom. The number of rotatable bonds is 4. The van der Waals surface area contributed by atoms with E-state index in [0.717, 1.165) is 36.2 Å². The van der Waals surface area contributed by atoms with Crippen LogP contribution in [0.15, 0.2) is 66.7 Å². The van der Waals surface area contributed by atoms with Crippen molar-refractivity contribution < 1.29 is 9.53 Å². The van der Waals surface area contributed by atoms with Gasteiger partial charge in [-0.05, 0) is 50.5 Å². The molecule has 3 atom stereocenters. The lowest BCUT2D eigenvalue weighted by atomic mass is 9.75. The number of hydrogen-bond acceptors (Lipinski definition) is 2. The molecule has 1 heterocycles. The van der Waals surface area contributed by atoms with Gasteiger partial charge in [-0.2, -0.15) is 0 Å². The molecule has 1 aliphatic rings. The van der Waals surface area contributed by atoms with Gasteiger partial charge in [0.05, 0.1) is 5.56 Å². The van der Waals surface area contributed by atoms with Crippen LogP contribution >= 0.6 is 10.5 Å². The largest absolute Gasteiger partial charge is 0.442 e. The fourth-order valence-electron chi connectivity index (χ4n) is 4.50. The van der Waals surface area contributed by atoms with Crippen LogP contribution in [0.5, 0.6) is 0 Å². The van der Waals surface area contributed by atoms with Crippen LogP contribution in [0.3, 0.4) is 0 Å². The van der Waals surface area contributed by atoms with Crippen LogP contribution < -0.4 is 0 Å². The summed E-state index contributed by atoms with van der Waals surface area (Å²) in [4.78, 5) is 15.5. The molecule has 0 saturated heterocycles. The molecule has 3 heteroatoms. The number of esters is 1. The minimum absolute atomic E-state index is 0.0112. The van der Waals surface area contributed by atoms with E-state index < -0.39 is 5.60 Å². The number of benzene rings is 2. The third-order valence-corrected chi connectivity index (χ3v) is 8.41. The average Bonchev–Trinajstić information content (AvgIpc) is 3.09. The fourth-order valence-corrected chi connectivity index (χ4v) is 6.75. The molecule has 0 amide bonds. The number of ether oxygens (including phenoxy) is 1. The van der Waals surface area contributed by atoms with Gasteiger partial charge in [-0.15, -0.1) is 6.42 Å². The summed E-state index contributed by atoms with van der Waals surface area (Å²) in [5.41, 5.74) is 0.663. The first-order chi connectivity index (χ1) is 14.4. The Bertz CT molecular complexity index is 1160. The Labute approximate surface area is 181 Å². The molecular weight excluding hydrogens is 388 g/mol. The summed E-state index contributed by atoms with van der Waals surface area (Å²) < 4.78 is 7.25. The minimum atomic E-state index is -0.970. The maximum Gasteiger partial charge on any atom is 0.339 e. The normalized spacial score (nSPS) is 19.2. The molecule has 3 unspecified atom stereocenters. The van der Waals surface area contributed by atoms with Gasteiger partial charge in [0.2, 0.25) is 0 Å². The van der Waals surface area contributed by atoms with Crippen LogP contribution in [0.1, 0.15) is 47.8 Å². The number of terminal acetylenes is 1. The number of carbonyl (C=O) groups excluding carboxylic acids is 1. The first-order valence-corrected chi connectivity index (χ1v) is 11.7. The van der Waals surface area contributed by atoms with Gasteiger partial charge in [0.15, 0.2) is 20.1 Å². The lowest BCUT2D eigenvalue weighted by molar-refractivity contribution is -0.00645. The highest BCUT2D eigenvalue weighted by atomic mass is 32.2. The average molecular weight is 416 g/mol. The van der Waals surface area contributed by atoms with E-state index in [1.165, 1.54) is 15.0 Å². The fraction of sp³-hybridized carbons (Fsp3) is 0.296. The zero-order valence-corrected chi connectivity index (χ0v) is 18.4. The van der Waals surface area contributed by atoms with E-state index in [4.69, 9.17) is 11.2 Å². The highest BCUT2D eigenvalue weighted by molar-refractivity contribution is 7.45. The Morgan fingerprint density at radius 1 is 1.20 bits per heavy atom. The third kappa shape index (κ3) is 3.68. The molecular formula is C27H27O2S+. The summed E-state index contributed by atoms with van der Waals surface area (Å²) in [6.07, 6.45) is 9.93.